The maximum atomic E-state index is 13.2. The van der Waals surface area contributed by atoms with Gasteiger partial charge in [-0.3, -0.25) is 19.3 Å². The van der Waals surface area contributed by atoms with Crippen LogP contribution in [-0.2, 0) is 19.5 Å². The molecular formula is C27H22ClF3N8O3. The number of aromatic nitrogens is 8. The third-order valence-corrected chi connectivity index (χ3v) is 6.46. The van der Waals surface area contributed by atoms with Gasteiger partial charge in [-0.25, -0.2) is 19.1 Å². The summed E-state index contributed by atoms with van der Waals surface area (Å²) in [7, 11) is 0. The smallest absolute Gasteiger partial charge is 0.382 e. The maximum Gasteiger partial charge on any atom is 0.416 e. The van der Waals surface area contributed by atoms with E-state index in [1.54, 1.807) is 37.3 Å². The van der Waals surface area contributed by atoms with E-state index in [2.05, 4.69) is 25.1 Å². The average Bonchev–Trinajstić information content (AvgIpc) is 3.54. The number of alkyl halides is 3. The van der Waals surface area contributed by atoms with E-state index in [0.717, 1.165) is 9.25 Å². The number of pyridine rings is 2. The molecule has 0 bridgehead atoms. The second kappa shape index (κ2) is 11.7. The Morgan fingerprint density at radius 1 is 1.05 bits per heavy atom. The summed E-state index contributed by atoms with van der Waals surface area (Å²) < 4.78 is 42.4. The second-order valence-electron chi connectivity index (χ2n) is 9.28. The number of aryl methyl sites for hydroxylation is 1. The fourth-order valence-corrected chi connectivity index (χ4v) is 4.26. The number of ketones is 1. The topological polar surface area (TPSA) is 134 Å². The van der Waals surface area contributed by atoms with Crippen molar-refractivity contribution in [2.75, 3.05) is 0 Å². The molecule has 0 fully saturated rings. The van der Waals surface area contributed by atoms with Crippen molar-refractivity contribution >= 4 is 17.4 Å². The lowest BCUT2D eigenvalue weighted by Crippen LogP contribution is -2.37. The quantitative estimate of drug-likeness (QED) is 0.255. The number of aliphatic hydroxyl groups excluding tert-OH is 1. The van der Waals surface area contributed by atoms with Crippen LogP contribution in [0.3, 0.4) is 0 Å². The number of halogens is 4. The number of hydrogen-bond acceptors (Lipinski definition) is 8. The third kappa shape index (κ3) is 6.29. The van der Waals surface area contributed by atoms with E-state index in [1.807, 2.05) is 0 Å². The van der Waals surface area contributed by atoms with Gasteiger partial charge in [0.25, 0.3) is 0 Å². The molecule has 0 saturated carbocycles. The van der Waals surface area contributed by atoms with Crippen molar-refractivity contribution in [3.8, 4) is 17.1 Å². The van der Waals surface area contributed by atoms with Gasteiger partial charge < -0.3 is 5.11 Å². The first-order valence-electron chi connectivity index (χ1n) is 12.5. The zero-order valence-corrected chi connectivity index (χ0v) is 22.7. The molecule has 1 atom stereocenters. The molecule has 0 unspecified atom stereocenters. The summed E-state index contributed by atoms with van der Waals surface area (Å²) in [4.78, 5) is 38.8. The highest BCUT2D eigenvalue weighted by Crippen LogP contribution is 2.24. The largest absolute Gasteiger partial charge is 0.416 e. The summed E-state index contributed by atoms with van der Waals surface area (Å²) in [6, 6.07) is 14.5. The lowest BCUT2D eigenvalue weighted by Gasteiger charge is -2.15. The predicted molar refractivity (Wildman–Crippen MR) is 144 cm³/mol. The third-order valence-electron chi connectivity index (χ3n) is 6.20. The van der Waals surface area contributed by atoms with Gasteiger partial charge in [-0.15, -0.1) is 10.2 Å². The number of benzene rings is 1. The Hall–Kier alpha value is -4.69. The summed E-state index contributed by atoms with van der Waals surface area (Å²) in [5.41, 5.74) is 1.29. The molecule has 5 rings (SSSR count). The minimum absolute atomic E-state index is 0.0579. The van der Waals surface area contributed by atoms with Crippen LogP contribution >= 0.6 is 11.6 Å². The van der Waals surface area contributed by atoms with E-state index in [4.69, 9.17) is 11.6 Å². The van der Waals surface area contributed by atoms with E-state index < -0.39 is 24.5 Å². The molecule has 216 valence electrons. The summed E-state index contributed by atoms with van der Waals surface area (Å²) in [5.74, 6) is -0.230. The van der Waals surface area contributed by atoms with E-state index in [0.29, 0.717) is 33.4 Å². The molecule has 0 saturated heterocycles. The predicted octanol–water partition coefficient (Wildman–Crippen LogP) is 3.44. The average molecular weight is 599 g/mol. The van der Waals surface area contributed by atoms with E-state index in [1.165, 1.54) is 41.5 Å². The van der Waals surface area contributed by atoms with Crippen LogP contribution in [0.15, 0.2) is 71.9 Å². The fraction of sp³-hybridized carbons (Fsp3) is 0.222. The van der Waals surface area contributed by atoms with Crippen molar-refractivity contribution in [1.82, 2.24) is 39.1 Å². The molecule has 1 aromatic carbocycles. The summed E-state index contributed by atoms with van der Waals surface area (Å²) in [6.07, 6.45) is -4.90. The molecule has 4 aromatic heterocycles. The van der Waals surface area contributed by atoms with Crippen LogP contribution in [0.2, 0.25) is 5.02 Å². The fourth-order valence-electron chi connectivity index (χ4n) is 4.13. The van der Waals surface area contributed by atoms with E-state index in [9.17, 15) is 27.9 Å². The van der Waals surface area contributed by atoms with Gasteiger partial charge in [0.2, 0.25) is 0 Å². The maximum absolute atomic E-state index is 13.2. The Kier molecular flexibility index (Phi) is 8.00. The van der Waals surface area contributed by atoms with Crippen LogP contribution in [0.4, 0.5) is 13.2 Å². The molecule has 11 nitrogen and oxygen atoms in total. The van der Waals surface area contributed by atoms with Crippen molar-refractivity contribution in [3.05, 3.63) is 106 Å². The molecule has 4 heterocycles. The molecule has 0 radical (unpaired) electrons. The zero-order chi connectivity index (χ0) is 30.0. The molecule has 0 aliphatic carbocycles. The first-order chi connectivity index (χ1) is 20.0. The number of aliphatic hydroxyl groups is 1. The van der Waals surface area contributed by atoms with Crippen LogP contribution < -0.4 is 5.69 Å². The Morgan fingerprint density at radius 2 is 1.81 bits per heavy atom. The van der Waals surface area contributed by atoms with Crippen molar-refractivity contribution in [3.63, 3.8) is 0 Å². The van der Waals surface area contributed by atoms with E-state index >= 15 is 0 Å². The summed E-state index contributed by atoms with van der Waals surface area (Å²) >= 11 is 5.93. The zero-order valence-electron chi connectivity index (χ0n) is 21.9. The Balaban J connectivity index is 1.43. The van der Waals surface area contributed by atoms with Crippen LogP contribution in [0, 0.1) is 6.92 Å². The molecule has 0 aliphatic rings. The highest BCUT2D eigenvalue weighted by molar-refractivity contribution is 6.30. The van der Waals surface area contributed by atoms with Crippen molar-refractivity contribution in [2.24, 2.45) is 0 Å². The molecule has 0 spiro atoms. The number of carbonyl (C=O) groups is 1. The number of carbonyl (C=O) groups excluding carboxylic acids is 1. The van der Waals surface area contributed by atoms with Gasteiger partial charge in [0.1, 0.15) is 18.6 Å². The lowest BCUT2D eigenvalue weighted by molar-refractivity contribution is -0.207. The van der Waals surface area contributed by atoms with Crippen molar-refractivity contribution in [2.45, 2.75) is 38.7 Å². The lowest BCUT2D eigenvalue weighted by atomic mass is 10.1. The summed E-state index contributed by atoms with van der Waals surface area (Å²) in [6.45, 7) is 0.430. The van der Waals surface area contributed by atoms with Crippen LogP contribution in [0.5, 0.6) is 0 Å². The number of hydrogen-bond donors (Lipinski definition) is 1. The van der Waals surface area contributed by atoms with Gasteiger partial charge in [-0.2, -0.15) is 13.2 Å². The van der Waals surface area contributed by atoms with Crippen LogP contribution in [0.25, 0.3) is 17.1 Å². The SMILES string of the molecule is Cc1cccc(C(=O)Cc2ncccc2-n2cnc(Cn3nc(-c4ccc(Cl)cc4)n(C[C@H](O)C(F)(F)F)c3=O)n2)n1. The van der Waals surface area contributed by atoms with Gasteiger partial charge in [-0.1, -0.05) is 17.7 Å². The minimum Gasteiger partial charge on any atom is -0.382 e. The Bertz CT molecular complexity index is 1800. The van der Waals surface area contributed by atoms with Crippen molar-refractivity contribution in [1.29, 1.82) is 0 Å². The van der Waals surface area contributed by atoms with Gasteiger partial charge >= 0.3 is 11.9 Å². The van der Waals surface area contributed by atoms with Gasteiger partial charge in [0, 0.05) is 22.5 Å². The molecule has 0 amide bonds. The number of Topliss-reactive ketones (excluding diaryl/α,β-unsaturated/α-hetero) is 1. The number of nitrogens with zero attached hydrogens (tertiary/aromatic N) is 8. The minimum atomic E-state index is -4.95. The molecule has 15 heteroatoms. The standard InChI is InChI=1S/C27H22ClF3N8O3/c1-16-4-2-5-19(34-16)22(40)12-20-21(6-3-11-32-20)39-15-33-24(35-39)14-38-26(42)37(13-23(41)27(29,30)31)25(36-38)17-7-9-18(28)10-8-17/h2-11,15,23,41H,12-14H2,1H3/t23-/m0/s1. The van der Waals surface area contributed by atoms with Gasteiger partial charge in [-0.05, 0) is 55.5 Å². The molecular weight excluding hydrogens is 577 g/mol. The van der Waals surface area contributed by atoms with E-state index in [-0.39, 0.29) is 30.4 Å². The van der Waals surface area contributed by atoms with Crippen LogP contribution in [0.1, 0.15) is 27.7 Å². The van der Waals surface area contributed by atoms with Crippen LogP contribution in [-0.4, -0.2) is 62.3 Å². The Labute approximate surface area is 240 Å². The number of rotatable bonds is 9. The molecule has 1 N–H and O–H groups in total. The first kappa shape index (κ1) is 28.8. The van der Waals surface area contributed by atoms with Gasteiger partial charge in [0.05, 0.1) is 24.3 Å². The second-order valence-corrected chi connectivity index (χ2v) is 9.71. The van der Waals surface area contributed by atoms with Gasteiger partial charge in [0.15, 0.2) is 23.5 Å². The summed E-state index contributed by atoms with van der Waals surface area (Å²) in [5, 5.41) is 18.6. The first-order valence-corrected chi connectivity index (χ1v) is 12.9. The monoisotopic (exact) mass is 598 g/mol. The molecule has 5 aromatic rings. The normalized spacial score (nSPS) is 12.4. The van der Waals surface area contributed by atoms with Crippen molar-refractivity contribution < 1.29 is 23.1 Å². The molecule has 0 aliphatic heterocycles. The molecule has 42 heavy (non-hydrogen) atoms. The highest BCUT2D eigenvalue weighted by Gasteiger charge is 2.39. The highest BCUT2D eigenvalue weighted by atomic mass is 35.5. The Morgan fingerprint density at radius 3 is 2.52 bits per heavy atom.